The zero-order valence-electron chi connectivity index (χ0n) is 9.52. The van der Waals surface area contributed by atoms with Crippen LogP contribution in [0.1, 0.15) is 25.5 Å². The third kappa shape index (κ3) is 3.94. The van der Waals surface area contributed by atoms with Gasteiger partial charge in [-0.05, 0) is 18.6 Å². The van der Waals surface area contributed by atoms with E-state index in [4.69, 9.17) is 5.73 Å². The minimum absolute atomic E-state index is 0.00463. The van der Waals surface area contributed by atoms with Crippen molar-refractivity contribution in [2.45, 2.75) is 26.3 Å². The smallest absolute Gasteiger partial charge is 0.224 e. The van der Waals surface area contributed by atoms with Gasteiger partial charge >= 0.3 is 0 Å². The predicted octanol–water partition coefficient (Wildman–Crippen LogP) is 0.468. The van der Waals surface area contributed by atoms with Crippen LogP contribution in [0.3, 0.4) is 0 Å². The second-order valence-electron chi connectivity index (χ2n) is 3.65. The maximum absolute atomic E-state index is 11.7. The van der Waals surface area contributed by atoms with Crippen LogP contribution in [0.15, 0.2) is 18.3 Å². The lowest BCUT2D eigenvalue weighted by Gasteiger charge is -2.13. The molecule has 1 atom stereocenters. The second-order valence-corrected chi connectivity index (χ2v) is 3.65. The van der Waals surface area contributed by atoms with E-state index >= 15 is 0 Å². The van der Waals surface area contributed by atoms with Crippen LogP contribution in [0, 0.1) is 5.92 Å². The first-order valence-electron chi connectivity index (χ1n) is 5.52. The zero-order chi connectivity index (χ0) is 11.8. The minimum atomic E-state index is -0.0957. The van der Waals surface area contributed by atoms with Gasteiger partial charge in [0.2, 0.25) is 5.91 Å². The van der Waals surface area contributed by atoms with Crippen molar-refractivity contribution in [1.82, 2.24) is 15.5 Å². The summed E-state index contributed by atoms with van der Waals surface area (Å²) >= 11 is 0. The molecule has 16 heavy (non-hydrogen) atoms. The van der Waals surface area contributed by atoms with Crippen molar-refractivity contribution >= 4 is 5.91 Å². The average molecular weight is 222 g/mol. The maximum atomic E-state index is 11.7. The van der Waals surface area contributed by atoms with E-state index in [1.165, 1.54) is 0 Å². The first-order valence-corrected chi connectivity index (χ1v) is 5.52. The summed E-state index contributed by atoms with van der Waals surface area (Å²) in [6, 6.07) is 3.62. The van der Waals surface area contributed by atoms with Crippen molar-refractivity contribution in [3.63, 3.8) is 0 Å². The number of rotatable bonds is 6. The van der Waals surface area contributed by atoms with E-state index < -0.39 is 0 Å². The summed E-state index contributed by atoms with van der Waals surface area (Å²) in [7, 11) is 0. The molecule has 1 aromatic heterocycles. The highest BCUT2D eigenvalue weighted by Gasteiger charge is 2.14. The largest absolute Gasteiger partial charge is 0.350 e. The quantitative estimate of drug-likeness (QED) is 0.733. The summed E-state index contributed by atoms with van der Waals surface area (Å²) in [5.41, 5.74) is 6.29. The SMILES string of the molecule is CCCC(CN)C(=O)NCc1cccnn1. The molecule has 1 rings (SSSR count). The molecule has 0 fully saturated rings. The fraction of sp³-hybridized carbons (Fsp3) is 0.545. The molecule has 0 spiro atoms. The molecule has 0 aromatic carbocycles. The molecule has 0 saturated carbocycles. The van der Waals surface area contributed by atoms with Crippen molar-refractivity contribution in [3.05, 3.63) is 24.0 Å². The molecule has 0 aliphatic rings. The van der Waals surface area contributed by atoms with E-state index in [1.807, 2.05) is 13.0 Å². The van der Waals surface area contributed by atoms with E-state index in [-0.39, 0.29) is 11.8 Å². The molecule has 1 heterocycles. The molecular weight excluding hydrogens is 204 g/mol. The highest BCUT2D eigenvalue weighted by molar-refractivity contribution is 5.78. The molecule has 5 nitrogen and oxygen atoms in total. The van der Waals surface area contributed by atoms with Crippen molar-refractivity contribution in [3.8, 4) is 0 Å². The molecule has 88 valence electrons. The normalized spacial score (nSPS) is 12.1. The lowest BCUT2D eigenvalue weighted by atomic mass is 10.0. The van der Waals surface area contributed by atoms with Crippen molar-refractivity contribution in [2.75, 3.05) is 6.54 Å². The van der Waals surface area contributed by atoms with E-state index in [9.17, 15) is 4.79 Å². The lowest BCUT2D eigenvalue weighted by Crippen LogP contribution is -2.34. The first kappa shape index (κ1) is 12.6. The summed E-state index contributed by atoms with van der Waals surface area (Å²) in [4.78, 5) is 11.7. The van der Waals surface area contributed by atoms with Gasteiger partial charge in [0.25, 0.3) is 0 Å². The summed E-state index contributed by atoms with van der Waals surface area (Å²) in [6.07, 6.45) is 3.38. The third-order valence-corrected chi connectivity index (χ3v) is 2.36. The van der Waals surface area contributed by atoms with Gasteiger partial charge in [0.15, 0.2) is 0 Å². The Balaban J connectivity index is 2.40. The van der Waals surface area contributed by atoms with E-state index in [1.54, 1.807) is 12.3 Å². The van der Waals surface area contributed by atoms with Gasteiger partial charge in [-0.15, -0.1) is 0 Å². The first-order chi connectivity index (χ1) is 7.77. The fourth-order valence-electron chi connectivity index (χ4n) is 1.45. The van der Waals surface area contributed by atoms with Crippen molar-refractivity contribution in [1.29, 1.82) is 0 Å². The maximum Gasteiger partial charge on any atom is 0.224 e. The molecule has 0 radical (unpaired) electrons. The van der Waals surface area contributed by atoms with Gasteiger partial charge in [-0.2, -0.15) is 10.2 Å². The fourth-order valence-corrected chi connectivity index (χ4v) is 1.45. The highest BCUT2D eigenvalue weighted by Crippen LogP contribution is 2.04. The number of carbonyl (C=O) groups excluding carboxylic acids is 1. The summed E-state index contributed by atoms with van der Waals surface area (Å²) in [6.45, 7) is 2.84. The van der Waals surface area contributed by atoms with E-state index in [0.717, 1.165) is 18.5 Å². The molecule has 0 aliphatic heterocycles. The Labute approximate surface area is 95.4 Å². The van der Waals surface area contributed by atoms with Gasteiger partial charge in [-0.1, -0.05) is 13.3 Å². The Hall–Kier alpha value is -1.49. The molecule has 0 bridgehead atoms. The van der Waals surface area contributed by atoms with Crippen molar-refractivity contribution in [2.24, 2.45) is 11.7 Å². The topological polar surface area (TPSA) is 80.9 Å². The number of nitrogens with two attached hydrogens (primary N) is 1. The summed E-state index contributed by atoms with van der Waals surface area (Å²) in [5.74, 6) is -0.100. The van der Waals surface area contributed by atoms with Gasteiger partial charge < -0.3 is 11.1 Å². The van der Waals surface area contributed by atoms with Crippen LogP contribution < -0.4 is 11.1 Å². The molecule has 0 saturated heterocycles. The predicted molar refractivity (Wildman–Crippen MR) is 61.3 cm³/mol. The Morgan fingerprint density at radius 2 is 2.44 bits per heavy atom. The summed E-state index contributed by atoms with van der Waals surface area (Å²) in [5, 5.41) is 10.4. The van der Waals surface area contributed by atoms with Crippen LogP contribution in [-0.2, 0) is 11.3 Å². The minimum Gasteiger partial charge on any atom is -0.350 e. The standard InChI is InChI=1S/C11H18N4O/c1-2-4-9(7-12)11(16)13-8-10-5-3-6-14-15-10/h3,5-6,9H,2,4,7-8,12H2,1H3,(H,13,16). The van der Waals surface area contributed by atoms with Crippen LogP contribution in [0.4, 0.5) is 0 Å². The number of carbonyl (C=O) groups is 1. The molecule has 0 aliphatic carbocycles. The number of nitrogens with one attached hydrogen (secondary N) is 1. The zero-order valence-corrected chi connectivity index (χ0v) is 9.52. The van der Waals surface area contributed by atoms with Crippen LogP contribution in [-0.4, -0.2) is 22.6 Å². The van der Waals surface area contributed by atoms with E-state index in [2.05, 4.69) is 15.5 Å². The molecule has 3 N–H and O–H groups in total. The van der Waals surface area contributed by atoms with Gasteiger partial charge in [0.1, 0.15) is 0 Å². The van der Waals surface area contributed by atoms with Gasteiger partial charge in [-0.25, -0.2) is 0 Å². The van der Waals surface area contributed by atoms with Crippen LogP contribution in [0.25, 0.3) is 0 Å². The average Bonchev–Trinajstić information content (AvgIpc) is 2.34. The van der Waals surface area contributed by atoms with Gasteiger partial charge in [0, 0.05) is 12.7 Å². The van der Waals surface area contributed by atoms with E-state index in [0.29, 0.717) is 13.1 Å². The molecule has 1 aromatic rings. The van der Waals surface area contributed by atoms with Crippen LogP contribution in [0.2, 0.25) is 0 Å². The second kappa shape index (κ2) is 6.90. The number of nitrogens with zero attached hydrogens (tertiary/aromatic N) is 2. The Bertz CT molecular complexity index is 315. The number of amides is 1. The molecular formula is C11H18N4O. The van der Waals surface area contributed by atoms with Gasteiger partial charge in [-0.3, -0.25) is 4.79 Å². The number of hydrogen-bond acceptors (Lipinski definition) is 4. The Kier molecular flexibility index (Phi) is 5.42. The molecule has 1 amide bonds. The van der Waals surface area contributed by atoms with Crippen molar-refractivity contribution < 1.29 is 4.79 Å². The number of hydrogen-bond donors (Lipinski definition) is 2. The van der Waals surface area contributed by atoms with Crippen LogP contribution in [0.5, 0.6) is 0 Å². The molecule has 1 unspecified atom stereocenters. The third-order valence-electron chi connectivity index (χ3n) is 2.36. The Morgan fingerprint density at radius 1 is 1.62 bits per heavy atom. The van der Waals surface area contributed by atoms with Gasteiger partial charge in [0.05, 0.1) is 18.2 Å². The lowest BCUT2D eigenvalue weighted by molar-refractivity contribution is -0.125. The van der Waals surface area contributed by atoms with Crippen LogP contribution >= 0.6 is 0 Å². The summed E-state index contributed by atoms with van der Waals surface area (Å²) < 4.78 is 0. The highest BCUT2D eigenvalue weighted by atomic mass is 16.1. The number of aromatic nitrogens is 2. The Morgan fingerprint density at radius 3 is 3.00 bits per heavy atom. The monoisotopic (exact) mass is 222 g/mol. The molecule has 5 heteroatoms.